The SMILES string of the molecule is CCCC1C(N)C(N)CC(O)C1O. The fourth-order valence-electron chi connectivity index (χ4n) is 2.10. The Balaban J connectivity index is 2.64. The second kappa shape index (κ2) is 4.37. The fraction of sp³-hybridized carbons (Fsp3) is 1.00. The summed E-state index contributed by atoms with van der Waals surface area (Å²) in [6, 6.07) is -0.367. The topological polar surface area (TPSA) is 92.5 Å². The van der Waals surface area contributed by atoms with Crippen LogP contribution in [0.4, 0.5) is 0 Å². The van der Waals surface area contributed by atoms with Gasteiger partial charge in [0.05, 0.1) is 12.2 Å². The zero-order valence-corrected chi connectivity index (χ0v) is 8.06. The summed E-state index contributed by atoms with van der Waals surface area (Å²) in [6.45, 7) is 2.03. The van der Waals surface area contributed by atoms with Gasteiger partial charge in [-0.15, -0.1) is 0 Å². The molecular formula is C9H20N2O2. The summed E-state index contributed by atoms with van der Waals surface area (Å²) >= 11 is 0. The highest BCUT2D eigenvalue weighted by Gasteiger charge is 2.39. The minimum atomic E-state index is -0.702. The van der Waals surface area contributed by atoms with Crippen LogP contribution in [0.5, 0.6) is 0 Å². The van der Waals surface area contributed by atoms with Gasteiger partial charge in [0.2, 0.25) is 0 Å². The van der Waals surface area contributed by atoms with Crippen molar-refractivity contribution in [3.63, 3.8) is 0 Å². The molecule has 0 aromatic heterocycles. The first-order chi connectivity index (χ1) is 6.07. The fourth-order valence-corrected chi connectivity index (χ4v) is 2.10. The minimum absolute atomic E-state index is 0.0521. The van der Waals surface area contributed by atoms with E-state index in [9.17, 15) is 10.2 Å². The molecule has 1 saturated carbocycles. The predicted octanol–water partition coefficient (Wildman–Crippen LogP) is -0.817. The van der Waals surface area contributed by atoms with Gasteiger partial charge in [-0.1, -0.05) is 13.3 Å². The van der Waals surface area contributed by atoms with Crippen LogP contribution in [0.1, 0.15) is 26.2 Å². The maximum Gasteiger partial charge on any atom is 0.0843 e. The Kier molecular flexibility index (Phi) is 3.67. The largest absolute Gasteiger partial charge is 0.390 e. The third-order valence-corrected chi connectivity index (χ3v) is 2.96. The highest BCUT2D eigenvalue weighted by Crippen LogP contribution is 2.27. The summed E-state index contributed by atoms with van der Waals surface area (Å²) in [5.41, 5.74) is 11.6. The van der Waals surface area contributed by atoms with E-state index in [2.05, 4.69) is 0 Å². The third-order valence-electron chi connectivity index (χ3n) is 2.96. The Hall–Kier alpha value is -0.160. The highest BCUT2D eigenvalue weighted by molar-refractivity contribution is 4.96. The van der Waals surface area contributed by atoms with Gasteiger partial charge in [0.1, 0.15) is 0 Å². The lowest BCUT2D eigenvalue weighted by Crippen LogP contribution is -2.59. The highest BCUT2D eigenvalue weighted by atomic mass is 16.3. The molecule has 5 atom stereocenters. The molecule has 4 nitrogen and oxygen atoms in total. The molecule has 1 aliphatic carbocycles. The Bertz CT molecular complexity index is 152. The van der Waals surface area contributed by atoms with Crippen LogP contribution >= 0.6 is 0 Å². The second-order valence-corrected chi connectivity index (χ2v) is 3.99. The smallest absolute Gasteiger partial charge is 0.0843 e. The average molecular weight is 188 g/mol. The summed E-state index contributed by atoms with van der Waals surface area (Å²) < 4.78 is 0. The number of aliphatic hydroxyl groups excluding tert-OH is 2. The average Bonchev–Trinajstić information content (AvgIpc) is 2.09. The number of hydrogen-bond acceptors (Lipinski definition) is 4. The van der Waals surface area contributed by atoms with Gasteiger partial charge in [0, 0.05) is 18.0 Å². The molecule has 0 radical (unpaired) electrons. The number of rotatable bonds is 2. The van der Waals surface area contributed by atoms with Crippen molar-refractivity contribution < 1.29 is 10.2 Å². The van der Waals surface area contributed by atoms with E-state index in [4.69, 9.17) is 11.5 Å². The van der Waals surface area contributed by atoms with E-state index >= 15 is 0 Å². The van der Waals surface area contributed by atoms with Crippen molar-refractivity contribution >= 4 is 0 Å². The van der Waals surface area contributed by atoms with Crippen molar-refractivity contribution in [1.82, 2.24) is 0 Å². The second-order valence-electron chi connectivity index (χ2n) is 3.99. The van der Waals surface area contributed by atoms with E-state index in [1.54, 1.807) is 0 Å². The molecular weight excluding hydrogens is 168 g/mol. The Morgan fingerprint density at radius 1 is 1.31 bits per heavy atom. The van der Waals surface area contributed by atoms with Crippen LogP contribution in [0, 0.1) is 5.92 Å². The lowest BCUT2D eigenvalue weighted by molar-refractivity contribution is -0.0601. The lowest BCUT2D eigenvalue weighted by Gasteiger charge is -2.40. The van der Waals surface area contributed by atoms with Crippen LogP contribution in [0.15, 0.2) is 0 Å². The van der Waals surface area contributed by atoms with Crippen LogP contribution in [-0.4, -0.2) is 34.5 Å². The lowest BCUT2D eigenvalue weighted by atomic mass is 9.76. The van der Waals surface area contributed by atoms with Gasteiger partial charge in [-0.25, -0.2) is 0 Å². The third kappa shape index (κ3) is 2.20. The van der Waals surface area contributed by atoms with Gasteiger partial charge in [0.15, 0.2) is 0 Å². The summed E-state index contributed by atoms with van der Waals surface area (Å²) in [7, 11) is 0. The molecule has 1 fully saturated rings. The van der Waals surface area contributed by atoms with Crippen molar-refractivity contribution in [3.8, 4) is 0 Å². The molecule has 0 heterocycles. The summed E-state index contributed by atoms with van der Waals surface area (Å²) in [5, 5.41) is 19.1. The van der Waals surface area contributed by atoms with E-state index in [-0.39, 0.29) is 18.0 Å². The number of nitrogens with two attached hydrogens (primary N) is 2. The van der Waals surface area contributed by atoms with Crippen LogP contribution < -0.4 is 11.5 Å². The van der Waals surface area contributed by atoms with Gasteiger partial charge in [-0.05, 0) is 12.8 Å². The molecule has 5 unspecified atom stereocenters. The predicted molar refractivity (Wildman–Crippen MR) is 51.0 cm³/mol. The van der Waals surface area contributed by atoms with Crippen molar-refractivity contribution in [3.05, 3.63) is 0 Å². The maximum absolute atomic E-state index is 9.67. The molecule has 13 heavy (non-hydrogen) atoms. The molecule has 0 spiro atoms. The van der Waals surface area contributed by atoms with Crippen LogP contribution in [0.3, 0.4) is 0 Å². The van der Waals surface area contributed by atoms with Crippen LogP contribution in [0.2, 0.25) is 0 Å². The zero-order valence-electron chi connectivity index (χ0n) is 8.06. The van der Waals surface area contributed by atoms with Crippen LogP contribution in [0.25, 0.3) is 0 Å². The molecule has 1 aliphatic rings. The molecule has 0 aromatic carbocycles. The van der Waals surface area contributed by atoms with Gasteiger partial charge in [-0.3, -0.25) is 0 Å². The number of hydrogen-bond donors (Lipinski definition) is 4. The summed E-state index contributed by atoms with van der Waals surface area (Å²) in [6.07, 6.45) is 0.783. The minimum Gasteiger partial charge on any atom is -0.390 e. The molecule has 0 aromatic rings. The van der Waals surface area contributed by atoms with Crippen molar-refractivity contribution in [1.29, 1.82) is 0 Å². The van der Waals surface area contributed by atoms with Gasteiger partial charge >= 0.3 is 0 Å². The Morgan fingerprint density at radius 2 is 1.92 bits per heavy atom. The molecule has 0 aliphatic heterocycles. The maximum atomic E-state index is 9.67. The van der Waals surface area contributed by atoms with Gasteiger partial charge < -0.3 is 21.7 Å². The Morgan fingerprint density at radius 3 is 2.46 bits per heavy atom. The Labute approximate surface area is 78.9 Å². The first kappa shape index (κ1) is 10.9. The molecule has 4 heteroatoms. The van der Waals surface area contributed by atoms with E-state index < -0.39 is 12.2 Å². The standard InChI is InChI=1S/C9H20N2O2/c1-2-3-5-8(11)6(10)4-7(12)9(5)13/h5-9,12-13H,2-4,10-11H2,1H3. The molecule has 78 valence electrons. The first-order valence-corrected chi connectivity index (χ1v) is 4.95. The number of aliphatic hydroxyl groups is 2. The van der Waals surface area contributed by atoms with E-state index in [1.165, 1.54) is 0 Å². The molecule has 0 saturated heterocycles. The molecule has 6 N–H and O–H groups in total. The van der Waals surface area contributed by atoms with E-state index in [1.807, 2.05) is 6.92 Å². The monoisotopic (exact) mass is 188 g/mol. The van der Waals surface area contributed by atoms with E-state index in [0.29, 0.717) is 6.42 Å². The molecule has 1 rings (SSSR count). The van der Waals surface area contributed by atoms with Crippen molar-refractivity contribution in [2.75, 3.05) is 0 Å². The molecule has 0 amide bonds. The van der Waals surface area contributed by atoms with Crippen molar-refractivity contribution in [2.45, 2.75) is 50.5 Å². The van der Waals surface area contributed by atoms with E-state index in [0.717, 1.165) is 12.8 Å². The normalized spacial score (nSPS) is 46.4. The summed E-state index contributed by atoms with van der Waals surface area (Å²) in [4.78, 5) is 0. The van der Waals surface area contributed by atoms with Gasteiger partial charge in [-0.2, -0.15) is 0 Å². The summed E-state index contributed by atoms with van der Waals surface area (Å²) in [5.74, 6) is -0.0521. The van der Waals surface area contributed by atoms with Gasteiger partial charge in [0.25, 0.3) is 0 Å². The van der Waals surface area contributed by atoms with Crippen molar-refractivity contribution in [2.24, 2.45) is 17.4 Å². The quantitative estimate of drug-likeness (QED) is 0.456. The first-order valence-electron chi connectivity index (χ1n) is 4.95. The zero-order chi connectivity index (χ0) is 10.0. The van der Waals surface area contributed by atoms with Crippen LogP contribution in [-0.2, 0) is 0 Å². The molecule has 0 bridgehead atoms.